The molecule has 1 aromatic rings. The fourth-order valence-electron chi connectivity index (χ4n) is 3.83. The summed E-state index contributed by atoms with van der Waals surface area (Å²) in [5.74, 6) is 1.15. The van der Waals surface area contributed by atoms with Gasteiger partial charge in [-0.15, -0.1) is 0 Å². The molecule has 20 heavy (non-hydrogen) atoms. The Morgan fingerprint density at radius 1 is 1.10 bits per heavy atom. The van der Waals surface area contributed by atoms with Crippen molar-refractivity contribution >= 4 is 0 Å². The van der Waals surface area contributed by atoms with Crippen LogP contribution in [0, 0.1) is 29.4 Å². The predicted octanol–water partition coefficient (Wildman–Crippen LogP) is 4.73. The number of benzene rings is 1. The van der Waals surface area contributed by atoms with Crippen LogP contribution in [0.15, 0.2) is 12.1 Å². The molecule has 1 aliphatic carbocycles. The molecule has 0 N–H and O–H groups in total. The summed E-state index contributed by atoms with van der Waals surface area (Å²) in [5.41, 5.74) is 0.705. The lowest BCUT2D eigenvalue weighted by Crippen LogP contribution is -2.31. The maximum atomic E-state index is 13.6. The zero-order valence-corrected chi connectivity index (χ0v) is 12.0. The number of hydrogen-bond donors (Lipinski definition) is 0. The Hall–Kier alpha value is -1.12. The summed E-state index contributed by atoms with van der Waals surface area (Å²) in [6.45, 7) is 2.84. The van der Waals surface area contributed by atoms with Crippen molar-refractivity contribution in [3.05, 3.63) is 29.3 Å². The second-order valence-corrected chi connectivity index (χ2v) is 6.34. The van der Waals surface area contributed by atoms with Gasteiger partial charge in [-0.2, -0.15) is 0 Å². The lowest BCUT2D eigenvalue weighted by atomic mass is 9.73. The fourth-order valence-corrected chi connectivity index (χ4v) is 3.83. The molecule has 3 rings (SSSR count). The van der Waals surface area contributed by atoms with Crippen LogP contribution in [0.25, 0.3) is 0 Å². The van der Waals surface area contributed by atoms with E-state index in [9.17, 15) is 8.78 Å². The Labute approximate surface area is 119 Å². The molecule has 0 saturated heterocycles. The van der Waals surface area contributed by atoms with Crippen LogP contribution in [0.4, 0.5) is 8.78 Å². The van der Waals surface area contributed by atoms with Crippen LogP contribution in [0.1, 0.15) is 44.6 Å². The predicted molar refractivity (Wildman–Crippen MR) is 74.8 cm³/mol. The van der Waals surface area contributed by atoms with E-state index in [0.29, 0.717) is 24.0 Å². The van der Waals surface area contributed by atoms with Gasteiger partial charge in [0.05, 0.1) is 6.61 Å². The largest absolute Gasteiger partial charge is 0.490 e. The van der Waals surface area contributed by atoms with E-state index in [1.807, 2.05) is 0 Å². The van der Waals surface area contributed by atoms with E-state index in [1.54, 1.807) is 0 Å². The van der Waals surface area contributed by atoms with Gasteiger partial charge in [0, 0.05) is 11.6 Å². The van der Waals surface area contributed by atoms with Gasteiger partial charge in [0.1, 0.15) is 5.82 Å². The molecule has 0 spiro atoms. The van der Waals surface area contributed by atoms with Gasteiger partial charge in [-0.25, -0.2) is 8.78 Å². The summed E-state index contributed by atoms with van der Waals surface area (Å²) in [6.07, 6.45) is 7.09. The third-order valence-corrected chi connectivity index (χ3v) is 5.14. The molecule has 1 heterocycles. The minimum Gasteiger partial charge on any atom is -0.490 e. The van der Waals surface area contributed by atoms with E-state index in [2.05, 4.69) is 6.92 Å². The van der Waals surface area contributed by atoms with Crippen molar-refractivity contribution in [1.29, 1.82) is 0 Å². The lowest BCUT2D eigenvalue weighted by molar-refractivity contribution is 0.123. The number of halogens is 2. The van der Waals surface area contributed by atoms with E-state index >= 15 is 0 Å². The normalized spacial score (nSPS) is 29.6. The maximum Gasteiger partial charge on any atom is 0.168 e. The highest BCUT2D eigenvalue weighted by atomic mass is 19.1. The average molecular weight is 280 g/mol. The lowest BCUT2D eigenvalue weighted by Gasteiger charge is -2.36. The van der Waals surface area contributed by atoms with Gasteiger partial charge >= 0.3 is 0 Å². The third kappa shape index (κ3) is 2.68. The fraction of sp³-hybridized carbons (Fsp3) is 0.647. The van der Waals surface area contributed by atoms with Gasteiger partial charge in [-0.3, -0.25) is 0 Å². The molecule has 3 heteroatoms. The molecule has 0 radical (unpaired) electrons. The van der Waals surface area contributed by atoms with Crippen LogP contribution < -0.4 is 4.74 Å². The van der Waals surface area contributed by atoms with E-state index in [4.69, 9.17) is 4.74 Å². The van der Waals surface area contributed by atoms with Crippen molar-refractivity contribution in [2.75, 3.05) is 6.61 Å². The Bertz CT molecular complexity index is 478. The Balaban J connectivity index is 1.70. The maximum absolute atomic E-state index is 13.6. The Morgan fingerprint density at radius 2 is 1.85 bits per heavy atom. The molecular weight excluding hydrogens is 258 g/mol. The number of hydrogen-bond acceptors (Lipinski definition) is 1. The van der Waals surface area contributed by atoms with Crippen molar-refractivity contribution in [2.45, 2.75) is 45.4 Å². The Morgan fingerprint density at radius 3 is 2.55 bits per heavy atom. The van der Waals surface area contributed by atoms with Gasteiger partial charge in [-0.1, -0.05) is 26.2 Å². The monoisotopic (exact) mass is 280 g/mol. The third-order valence-electron chi connectivity index (χ3n) is 5.14. The second-order valence-electron chi connectivity index (χ2n) is 6.34. The van der Waals surface area contributed by atoms with Crippen LogP contribution in [-0.4, -0.2) is 6.61 Å². The summed E-state index contributed by atoms with van der Waals surface area (Å²) in [5, 5.41) is 0. The van der Waals surface area contributed by atoms with Gasteiger partial charge in [-0.05, 0) is 43.1 Å². The molecular formula is C17H22F2O. The molecule has 1 fully saturated rings. The quantitative estimate of drug-likeness (QED) is 0.761. The average Bonchev–Trinajstić information content (AvgIpc) is 2.46. The molecule has 1 nitrogen and oxygen atoms in total. The Kier molecular flexibility index (Phi) is 3.95. The smallest absolute Gasteiger partial charge is 0.168 e. The van der Waals surface area contributed by atoms with Crippen LogP contribution in [0.3, 0.4) is 0 Å². The molecule has 110 valence electrons. The molecule has 1 atom stereocenters. The summed E-state index contributed by atoms with van der Waals surface area (Å²) < 4.78 is 32.5. The minimum atomic E-state index is -0.562. The molecule has 2 aliphatic rings. The number of fused-ring (bicyclic) bond motifs is 1. The van der Waals surface area contributed by atoms with Crippen LogP contribution in [-0.2, 0) is 6.42 Å². The van der Waals surface area contributed by atoms with Crippen molar-refractivity contribution in [3.8, 4) is 5.75 Å². The molecule has 1 aromatic carbocycles. The highest BCUT2D eigenvalue weighted by Crippen LogP contribution is 2.40. The van der Waals surface area contributed by atoms with E-state index in [1.165, 1.54) is 38.2 Å². The van der Waals surface area contributed by atoms with Gasteiger partial charge in [0.25, 0.3) is 0 Å². The van der Waals surface area contributed by atoms with Crippen molar-refractivity contribution < 1.29 is 13.5 Å². The second kappa shape index (κ2) is 5.71. The van der Waals surface area contributed by atoms with Gasteiger partial charge in [0.15, 0.2) is 11.6 Å². The first-order chi connectivity index (χ1) is 9.67. The molecule has 0 aromatic heterocycles. The zero-order chi connectivity index (χ0) is 14.1. The van der Waals surface area contributed by atoms with Crippen molar-refractivity contribution in [1.82, 2.24) is 0 Å². The standard InChI is InChI=1S/C17H22F2O/c1-2-11-3-5-12(6-4-11)14-7-13-8-15(18)9-16(19)17(13)20-10-14/h8-9,11-12,14H,2-7,10H2,1H3. The molecule has 1 unspecified atom stereocenters. The van der Waals surface area contributed by atoms with Crippen LogP contribution in [0.2, 0.25) is 0 Å². The first-order valence-corrected chi connectivity index (χ1v) is 7.78. The summed E-state index contributed by atoms with van der Waals surface area (Å²) in [4.78, 5) is 0. The molecule has 1 saturated carbocycles. The first-order valence-electron chi connectivity index (χ1n) is 7.78. The SMILES string of the molecule is CCC1CCC(C2COc3c(F)cc(F)cc3C2)CC1. The van der Waals surface area contributed by atoms with E-state index in [-0.39, 0.29) is 5.75 Å². The number of rotatable bonds is 2. The van der Waals surface area contributed by atoms with Crippen LogP contribution in [0.5, 0.6) is 5.75 Å². The zero-order valence-electron chi connectivity index (χ0n) is 12.0. The highest BCUT2D eigenvalue weighted by Gasteiger charge is 2.31. The summed E-state index contributed by atoms with van der Waals surface area (Å²) in [7, 11) is 0. The highest BCUT2D eigenvalue weighted by molar-refractivity contribution is 5.37. The van der Waals surface area contributed by atoms with Crippen LogP contribution >= 0.6 is 0 Å². The summed E-state index contributed by atoms with van der Waals surface area (Å²) >= 11 is 0. The van der Waals surface area contributed by atoms with Crippen molar-refractivity contribution in [2.24, 2.45) is 17.8 Å². The molecule has 1 aliphatic heterocycles. The topological polar surface area (TPSA) is 9.23 Å². The minimum absolute atomic E-state index is 0.268. The van der Waals surface area contributed by atoms with Crippen molar-refractivity contribution in [3.63, 3.8) is 0 Å². The molecule has 0 amide bonds. The summed E-state index contributed by atoms with van der Waals surface area (Å²) in [6, 6.07) is 2.34. The van der Waals surface area contributed by atoms with Gasteiger partial charge in [0.2, 0.25) is 0 Å². The van der Waals surface area contributed by atoms with E-state index in [0.717, 1.165) is 18.4 Å². The molecule has 0 bridgehead atoms. The van der Waals surface area contributed by atoms with E-state index < -0.39 is 11.6 Å². The first kappa shape index (κ1) is 13.8. The number of ether oxygens (including phenoxy) is 1. The van der Waals surface area contributed by atoms with Gasteiger partial charge < -0.3 is 4.74 Å².